The molecule has 7 nitrogen and oxygen atoms in total. The summed E-state index contributed by atoms with van der Waals surface area (Å²) in [6, 6.07) is 5.53. The number of carbonyl (C=O) groups excluding carboxylic acids is 1. The van der Waals surface area contributed by atoms with Crippen molar-refractivity contribution in [1.82, 2.24) is 19.9 Å². The van der Waals surface area contributed by atoms with Gasteiger partial charge in [-0.25, -0.2) is 4.98 Å². The van der Waals surface area contributed by atoms with Crippen LogP contribution in [0.5, 0.6) is 0 Å². The summed E-state index contributed by atoms with van der Waals surface area (Å²) in [7, 11) is 0. The molecule has 0 spiro atoms. The lowest BCUT2D eigenvalue weighted by molar-refractivity contribution is -0.137. The number of aromatic nitrogens is 3. The number of thiazole rings is 1. The van der Waals surface area contributed by atoms with E-state index in [0.717, 1.165) is 41.0 Å². The topological polar surface area (TPSA) is 97.1 Å². The van der Waals surface area contributed by atoms with Gasteiger partial charge in [-0.1, -0.05) is 34.1 Å². The van der Waals surface area contributed by atoms with Crippen LogP contribution in [0, 0.1) is 5.92 Å². The smallest absolute Gasteiger partial charge is 0.305 e. The Morgan fingerprint density at radius 1 is 1.18 bits per heavy atom. The van der Waals surface area contributed by atoms with E-state index < -0.39 is 12.0 Å². The zero-order valence-electron chi connectivity index (χ0n) is 19.9. The number of fused-ring (bicyclic) bond motifs is 1. The molecule has 3 rings (SSSR count). The van der Waals surface area contributed by atoms with E-state index in [-0.39, 0.29) is 12.3 Å². The summed E-state index contributed by atoms with van der Waals surface area (Å²) in [4.78, 5) is 34.5. The van der Waals surface area contributed by atoms with Crippen molar-refractivity contribution in [2.24, 2.45) is 5.92 Å². The maximum absolute atomic E-state index is 13.0. The molecule has 1 aromatic carbocycles. The van der Waals surface area contributed by atoms with Crippen molar-refractivity contribution in [2.45, 2.75) is 78.3 Å². The van der Waals surface area contributed by atoms with Crippen LogP contribution in [0.3, 0.4) is 0 Å². The second-order valence-electron chi connectivity index (χ2n) is 8.73. The highest BCUT2D eigenvalue weighted by Crippen LogP contribution is 2.28. The number of benzene rings is 1. The summed E-state index contributed by atoms with van der Waals surface area (Å²) in [5.74, 6) is 0.145. The fourth-order valence-corrected chi connectivity index (χ4v) is 4.88. The molecule has 3 aromatic rings. The largest absolute Gasteiger partial charge is 0.481 e. The van der Waals surface area contributed by atoms with Crippen LogP contribution in [0.25, 0.3) is 11.0 Å². The molecule has 8 heteroatoms. The molecule has 0 fully saturated rings. The van der Waals surface area contributed by atoms with Crippen LogP contribution in [-0.4, -0.2) is 37.6 Å². The van der Waals surface area contributed by atoms with Crippen molar-refractivity contribution < 1.29 is 14.7 Å². The Labute approximate surface area is 199 Å². The first-order chi connectivity index (χ1) is 15.9. The normalized spacial score (nSPS) is 13.4. The SMILES string of the molecule is CCC(C)CC(CC(=O)O)NC(=O)c1ccc2c(c1)nc(Cc1cncs1)n2C(CC)CC. The van der Waals surface area contributed by atoms with Crippen molar-refractivity contribution in [3.63, 3.8) is 0 Å². The van der Waals surface area contributed by atoms with Crippen LogP contribution in [0.4, 0.5) is 0 Å². The van der Waals surface area contributed by atoms with E-state index in [1.807, 2.05) is 29.9 Å². The number of nitrogens with zero attached hydrogens (tertiary/aromatic N) is 3. The number of hydrogen-bond donors (Lipinski definition) is 2. The molecule has 0 aliphatic rings. The van der Waals surface area contributed by atoms with E-state index in [4.69, 9.17) is 4.98 Å². The highest BCUT2D eigenvalue weighted by Gasteiger charge is 2.22. The maximum Gasteiger partial charge on any atom is 0.305 e. The number of carboxylic acid groups (broad SMARTS) is 1. The van der Waals surface area contributed by atoms with Gasteiger partial charge in [-0.2, -0.15) is 0 Å². The molecule has 2 aromatic heterocycles. The van der Waals surface area contributed by atoms with Gasteiger partial charge in [0, 0.05) is 35.1 Å². The Morgan fingerprint density at radius 3 is 2.55 bits per heavy atom. The molecule has 178 valence electrons. The number of nitrogens with one attached hydrogen (secondary N) is 1. The third-order valence-electron chi connectivity index (χ3n) is 6.29. The second kappa shape index (κ2) is 11.4. The van der Waals surface area contributed by atoms with E-state index >= 15 is 0 Å². The lowest BCUT2D eigenvalue weighted by Crippen LogP contribution is -2.37. The van der Waals surface area contributed by atoms with Crippen LogP contribution >= 0.6 is 11.3 Å². The Kier molecular flexibility index (Phi) is 8.61. The summed E-state index contributed by atoms with van der Waals surface area (Å²) in [6.07, 6.45) is 6.05. The Morgan fingerprint density at radius 2 is 1.94 bits per heavy atom. The fraction of sp³-hybridized carbons (Fsp3) is 0.520. The van der Waals surface area contributed by atoms with Crippen molar-refractivity contribution in [1.29, 1.82) is 0 Å². The first kappa shape index (κ1) is 24.9. The molecular weight excluding hydrogens is 436 g/mol. The molecule has 1 amide bonds. The number of carboxylic acids is 1. The van der Waals surface area contributed by atoms with Gasteiger partial charge >= 0.3 is 5.97 Å². The van der Waals surface area contributed by atoms with E-state index in [1.165, 1.54) is 0 Å². The monoisotopic (exact) mass is 470 g/mol. The summed E-state index contributed by atoms with van der Waals surface area (Å²) in [5, 5.41) is 12.2. The molecule has 0 saturated carbocycles. The Hall–Kier alpha value is -2.74. The lowest BCUT2D eigenvalue weighted by atomic mass is 9.97. The molecule has 2 unspecified atom stereocenters. The van der Waals surface area contributed by atoms with Crippen LogP contribution in [0.15, 0.2) is 29.9 Å². The predicted molar refractivity (Wildman–Crippen MR) is 132 cm³/mol. The number of imidazole rings is 1. The molecule has 2 N–H and O–H groups in total. The molecule has 0 aliphatic heterocycles. The quantitative estimate of drug-likeness (QED) is 0.367. The van der Waals surface area contributed by atoms with Crippen molar-refractivity contribution >= 4 is 34.2 Å². The number of amides is 1. The summed E-state index contributed by atoms with van der Waals surface area (Å²) < 4.78 is 2.30. The zero-order valence-corrected chi connectivity index (χ0v) is 20.7. The first-order valence-electron chi connectivity index (χ1n) is 11.8. The molecule has 0 bridgehead atoms. The predicted octanol–water partition coefficient (Wildman–Crippen LogP) is 5.45. The maximum atomic E-state index is 13.0. The molecule has 2 heterocycles. The van der Waals surface area contributed by atoms with Crippen molar-refractivity contribution in [2.75, 3.05) is 0 Å². The van der Waals surface area contributed by atoms with Crippen LogP contribution in [0.2, 0.25) is 0 Å². The van der Waals surface area contributed by atoms with Gasteiger partial charge in [-0.3, -0.25) is 14.6 Å². The minimum absolute atomic E-state index is 0.0827. The van der Waals surface area contributed by atoms with Gasteiger partial charge in [0.1, 0.15) is 5.82 Å². The van der Waals surface area contributed by atoms with Crippen molar-refractivity contribution in [3.8, 4) is 0 Å². The highest BCUT2D eigenvalue weighted by atomic mass is 32.1. The average molecular weight is 471 g/mol. The van der Waals surface area contributed by atoms with Gasteiger partial charge < -0.3 is 15.0 Å². The highest BCUT2D eigenvalue weighted by molar-refractivity contribution is 7.09. The summed E-state index contributed by atoms with van der Waals surface area (Å²) in [6.45, 7) is 8.50. The molecule has 0 aliphatic carbocycles. The minimum Gasteiger partial charge on any atom is -0.481 e. The van der Waals surface area contributed by atoms with Crippen molar-refractivity contribution in [3.05, 3.63) is 46.2 Å². The van der Waals surface area contributed by atoms with Gasteiger partial charge in [0.2, 0.25) is 0 Å². The third kappa shape index (κ3) is 6.19. The zero-order chi connectivity index (χ0) is 24.0. The first-order valence-corrected chi connectivity index (χ1v) is 12.6. The molecule has 33 heavy (non-hydrogen) atoms. The third-order valence-corrected chi connectivity index (χ3v) is 7.07. The van der Waals surface area contributed by atoms with E-state index in [1.54, 1.807) is 11.3 Å². The fourth-order valence-electron chi connectivity index (χ4n) is 4.29. The molecule has 0 radical (unpaired) electrons. The van der Waals surface area contributed by atoms with Crippen LogP contribution in [0.1, 0.15) is 86.9 Å². The molecule has 2 atom stereocenters. The Balaban J connectivity index is 1.91. The summed E-state index contributed by atoms with van der Waals surface area (Å²) >= 11 is 1.61. The van der Waals surface area contributed by atoms with E-state index in [0.29, 0.717) is 30.4 Å². The average Bonchev–Trinajstić information content (AvgIpc) is 3.42. The molecular formula is C25H34N4O3S. The lowest BCUT2D eigenvalue weighted by Gasteiger charge is -2.20. The van der Waals surface area contributed by atoms with E-state index in [2.05, 4.69) is 42.6 Å². The number of aliphatic carboxylic acids is 1. The number of hydrogen-bond acceptors (Lipinski definition) is 5. The van der Waals surface area contributed by atoms with E-state index in [9.17, 15) is 14.7 Å². The molecule has 0 saturated heterocycles. The minimum atomic E-state index is -0.907. The van der Waals surface area contributed by atoms with Crippen LogP contribution in [-0.2, 0) is 11.2 Å². The number of carbonyl (C=O) groups is 2. The van der Waals surface area contributed by atoms with Gasteiger partial charge in [-0.15, -0.1) is 11.3 Å². The standard InChI is InChI=1S/C25H34N4O3S/c1-5-16(4)10-18(12-24(30)31)27-25(32)17-8-9-22-21(11-17)28-23(13-20-14-26-15-33-20)29(22)19(6-2)7-3/h8-9,11,14-16,18-19H,5-7,10,12-13H2,1-4H3,(H,27,32)(H,30,31). The van der Waals surface area contributed by atoms with Gasteiger partial charge in [0.05, 0.1) is 23.0 Å². The number of rotatable bonds is 12. The Bertz CT molecular complexity index is 1070. The summed E-state index contributed by atoms with van der Waals surface area (Å²) in [5.41, 5.74) is 4.13. The van der Waals surface area contributed by atoms with Crippen LogP contribution < -0.4 is 5.32 Å². The van der Waals surface area contributed by atoms with Gasteiger partial charge in [-0.05, 0) is 43.4 Å². The second-order valence-corrected chi connectivity index (χ2v) is 9.70. The van der Waals surface area contributed by atoms with Gasteiger partial charge in [0.25, 0.3) is 5.91 Å². The van der Waals surface area contributed by atoms with Gasteiger partial charge in [0.15, 0.2) is 0 Å².